The van der Waals surface area contributed by atoms with Gasteiger partial charge in [-0.15, -0.1) is 0 Å². The third-order valence-corrected chi connectivity index (χ3v) is 3.33. The Balaban J connectivity index is 2.13. The summed E-state index contributed by atoms with van der Waals surface area (Å²) in [5, 5.41) is 7.10. The lowest BCUT2D eigenvalue weighted by Gasteiger charge is -2.13. The van der Waals surface area contributed by atoms with Crippen molar-refractivity contribution in [3.05, 3.63) is 35.1 Å². The van der Waals surface area contributed by atoms with Crippen LogP contribution >= 0.6 is 11.6 Å². The first-order valence-corrected chi connectivity index (χ1v) is 7.69. The van der Waals surface area contributed by atoms with Gasteiger partial charge in [0.05, 0.1) is 12.8 Å². The van der Waals surface area contributed by atoms with E-state index in [9.17, 15) is 0 Å². The van der Waals surface area contributed by atoms with E-state index in [2.05, 4.69) is 20.6 Å². The number of hydrogen-bond acceptors (Lipinski definition) is 6. The molecular weight excluding hydrogens is 316 g/mol. The molecule has 1 aromatic heterocycles. The predicted octanol–water partition coefficient (Wildman–Crippen LogP) is 3.64. The summed E-state index contributed by atoms with van der Waals surface area (Å²) in [5.41, 5.74) is 0.753. The smallest absolute Gasteiger partial charge is 0.142 e. The number of rotatable bonds is 8. The van der Waals surface area contributed by atoms with Gasteiger partial charge in [-0.25, -0.2) is 9.97 Å². The molecule has 23 heavy (non-hydrogen) atoms. The van der Waals surface area contributed by atoms with Crippen molar-refractivity contribution in [3.8, 4) is 5.75 Å². The van der Waals surface area contributed by atoms with Gasteiger partial charge in [-0.05, 0) is 31.5 Å². The first-order valence-electron chi connectivity index (χ1n) is 7.31. The Bertz CT molecular complexity index is 652. The molecule has 0 saturated heterocycles. The zero-order chi connectivity index (χ0) is 16.7. The molecule has 1 heterocycles. The molecule has 0 bridgehead atoms. The van der Waals surface area contributed by atoms with E-state index in [-0.39, 0.29) is 0 Å². The van der Waals surface area contributed by atoms with Crippen LogP contribution < -0.4 is 15.4 Å². The van der Waals surface area contributed by atoms with Crippen LogP contribution in [0.3, 0.4) is 0 Å². The summed E-state index contributed by atoms with van der Waals surface area (Å²) in [6, 6.07) is 7.23. The second kappa shape index (κ2) is 8.55. The molecule has 6 nitrogen and oxygen atoms in total. The number of nitrogens with zero attached hydrogens (tertiary/aromatic N) is 2. The Hall–Kier alpha value is -2.05. The van der Waals surface area contributed by atoms with Gasteiger partial charge in [0, 0.05) is 31.4 Å². The number of benzene rings is 1. The molecule has 0 fully saturated rings. The van der Waals surface area contributed by atoms with Crippen molar-refractivity contribution >= 4 is 28.9 Å². The van der Waals surface area contributed by atoms with Crippen molar-refractivity contribution < 1.29 is 9.47 Å². The topological polar surface area (TPSA) is 68.3 Å². The zero-order valence-electron chi connectivity index (χ0n) is 13.5. The van der Waals surface area contributed by atoms with Gasteiger partial charge < -0.3 is 20.1 Å². The van der Waals surface area contributed by atoms with Gasteiger partial charge >= 0.3 is 0 Å². The molecule has 2 rings (SSSR count). The van der Waals surface area contributed by atoms with Crippen LogP contribution in [0.25, 0.3) is 0 Å². The standard InChI is InChI=1S/C16H21ClN4O2/c1-11-19-15(18-7-4-8-22-2)10-16(20-11)21-13-9-12(17)5-6-14(13)23-3/h5-6,9-10H,4,7-8H2,1-3H3,(H2,18,19,20,21). The second-order valence-electron chi connectivity index (χ2n) is 4.93. The normalized spacial score (nSPS) is 10.4. The number of aryl methyl sites for hydroxylation is 1. The van der Waals surface area contributed by atoms with Gasteiger partial charge in [0.15, 0.2) is 0 Å². The van der Waals surface area contributed by atoms with E-state index in [1.54, 1.807) is 26.4 Å². The van der Waals surface area contributed by atoms with E-state index >= 15 is 0 Å². The van der Waals surface area contributed by atoms with Crippen LogP contribution in [0.5, 0.6) is 5.75 Å². The molecule has 0 atom stereocenters. The maximum absolute atomic E-state index is 6.05. The number of methoxy groups -OCH3 is 2. The molecule has 7 heteroatoms. The summed E-state index contributed by atoms with van der Waals surface area (Å²) in [4.78, 5) is 8.77. The minimum atomic E-state index is 0.622. The van der Waals surface area contributed by atoms with Crippen LogP contribution in [-0.4, -0.2) is 37.3 Å². The van der Waals surface area contributed by atoms with Crippen molar-refractivity contribution in [2.24, 2.45) is 0 Å². The number of hydrogen-bond donors (Lipinski definition) is 2. The SMILES string of the molecule is COCCCNc1cc(Nc2cc(Cl)ccc2OC)nc(C)n1. The molecule has 0 unspecified atom stereocenters. The average Bonchev–Trinajstić information content (AvgIpc) is 2.51. The van der Waals surface area contributed by atoms with Gasteiger partial charge in [-0.2, -0.15) is 0 Å². The summed E-state index contributed by atoms with van der Waals surface area (Å²) in [7, 11) is 3.30. The quantitative estimate of drug-likeness (QED) is 0.717. The maximum Gasteiger partial charge on any atom is 0.142 e. The van der Waals surface area contributed by atoms with Crippen LogP contribution in [-0.2, 0) is 4.74 Å². The van der Waals surface area contributed by atoms with E-state index in [0.29, 0.717) is 29.0 Å². The van der Waals surface area contributed by atoms with Crippen molar-refractivity contribution in [3.63, 3.8) is 0 Å². The molecule has 0 saturated carbocycles. The third-order valence-electron chi connectivity index (χ3n) is 3.09. The monoisotopic (exact) mass is 336 g/mol. The Labute approximate surface area is 141 Å². The summed E-state index contributed by atoms with van der Waals surface area (Å²) in [5.74, 6) is 2.80. The molecule has 0 aliphatic rings. The second-order valence-corrected chi connectivity index (χ2v) is 5.36. The summed E-state index contributed by atoms with van der Waals surface area (Å²) < 4.78 is 10.4. The first kappa shape index (κ1) is 17.3. The molecule has 0 amide bonds. The Morgan fingerprint density at radius 1 is 1.13 bits per heavy atom. The van der Waals surface area contributed by atoms with E-state index in [1.165, 1.54) is 0 Å². The van der Waals surface area contributed by atoms with Crippen molar-refractivity contribution in [2.75, 3.05) is 38.0 Å². The fourth-order valence-electron chi connectivity index (χ4n) is 2.07. The lowest BCUT2D eigenvalue weighted by Crippen LogP contribution is -2.08. The zero-order valence-corrected chi connectivity index (χ0v) is 14.3. The van der Waals surface area contributed by atoms with Crippen molar-refractivity contribution in [1.29, 1.82) is 0 Å². The number of nitrogens with one attached hydrogen (secondary N) is 2. The first-order chi connectivity index (χ1) is 11.1. The number of aromatic nitrogens is 2. The van der Waals surface area contributed by atoms with Gasteiger partial charge in [0.1, 0.15) is 23.2 Å². The highest BCUT2D eigenvalue weighted by Gasteiger charge is 2.07. The van der Waals surface area contributed by atoms with E-state index in [4.69, 9.17) is 21.1 Å². The molecule has 0 spiro atoms. The number of halogens is 1. The van der Waals surface area contributed by atoms with E-state index in [1.807, 2.05) is 19.1 Å². The van der Waals surface area contributed by atoms with E-state index in [0.717, 1.165) is 24.5 Å². The average molecular weight is 337 g/mol. The molecular formula is C16H21ClN4O2. The molecule has 0 aliphatic carbocycles. The lowest BCUT2D eigenvalue weighted by molar-refractivity contribution is 0.198. The predicted molar refractivity (Wildman–Crippen MR) is 93.0 cm³/mol. The van der Waals surface area contributed by atoms with Gasteiger partial charge in [0.2, 0.25) is 0 Å². The Morgan fingerprint density at radius 2 is 1.91 bits per heavy atom. The van der Waals surface area contributed by atoms with Crippen LogP contribution in [0.4, 0.5) is 17.3 Å². The van der Waals surface area contributed by atoms with E-state index < -0.39 is 0 Å². The van der Waals surface area contributed by atoms with Crippen LogP contribution in [0.2, 0.25) is 5.02 Å². The highest BCUT2D eigenvalue weighted by atomic mass is 35.5. The number of ether oxygens (including phenoxy) is 2. The Kier molecular flexibility index (Phi) is 6.43. The fraction of sp³-hybridized carbons (Fsp3) is 0.375. The van der Waals surface area contributed by atoms with Gasteiger partial charge in [-0.1, -0.05) is 11.6 Å². The summed E-state index contributed by atoms with van der Waals surface area (Å²) >= 11 is 6.05. The highest BCUT2D eigenvalue weighted by molar-refractivity contribution is 6.31. The van der Waals surface area contributed by atoms with Crippen LogP contribution in [0, 0.1) is 6.92 Å². The molecule has 2 aromatic rings. The van der Waals surface area contributed by atoms with Crippen LogP contribution in [0.1, 0.15) is 12.2 Å². The minimum Gasteiger partial charge on any atom is -0.495 e. The lowest BCUT2D eigenvalue weighted by atomic mass is 10.3. The van der Waals surface area contributed by atoms with Gasteiger partial charge in [0.25, 0.3) is 0 Å². The molecule has 2 N–H and O–H groups in total. The largest absolute Gasteiger partial charge is 0.495 e. The fourth-order valence-corrected chi connectivity index (χ4v) is 2.24. The Morgan fingerprint density at radius 3 is 2.65 bits per heavy atom. The van der Waals surface area contributed by atoms with Crippen molar-refractivity contribution in [1.82, 2.24) is 9.97 Å². The summed E-state index contributed by atoms with van der Waals surface area (Å²) in [6.45, 7) is 3.34. The maximum atomic E-state index is 6.05. The molecule has 124 valence electrons. The number of anilines is 3. The summed E-state index contributed by atoms with van der Waals surface area (Å²) in [6.07, 6.45) is 0.907. The van der Waals surface area contributed by atoms with Crippen molar-refractivity contribution in [2.45, 2.75) is 13.3 Å². The highest BCUT2D eigenvalue weighted by Crippen LogP contribution is 2.30. The molecule has 1 aromatic carbocycles. The third kappa shape index (κ3) is 5.26. The van der Waals surface area contributed by atoms with Gasteiger partial charge in [-0.3, -0.25) is 0 Å². The molecule has 0 aliphatic heterocycles. The van der Waals surface area contributed by atoms with Crippen LogP contribution in [0.15, 0.2) is 24.3 Å². The molecule has 0 radical (unpaired) electrons. The minimum absolute atomic E-state index is 0.622.